The molecule has 0 radical (unpaired) electrons. The van der Waals surface area contributed by atoms with Crippen LogP contribution >= 0.6 is 0 Å². The van der Waals surface area contributed by atoms with E-state index in [1.807, 2.05) is 6.92 Å². The normalized spacial score (nSPS) is 34.3. The Bertz CT molecular complexity index is 300. The molecule has 3 atom stereocenters. The van der Waals surface area contributed by atoms with E-state index in [-0.39, 0.29) is 17.9 Å². The largest absolute Gasteiger partial charge is 0.481 e. The quantitative estimate of drug-likeness (QED) is 0.691. The average Bonchev–Trinajstić information content (AvgIpc) is 2.84. The molecule has 2 fully saturated rings. The van der Waals surface area contributed by atoms with Crippen LogP contribution in [-0.4, -0.2) is 47.6 Å². The Balaban J connectivity index is 1.96. The lowest BCUT2D eigenvalue weighted by atomic mass is 9.99. The fraction of sp³-hybridized carbons (Fsp3) is 0.818. The Morgan fingerprint density at radius 3 is 2.62 bits per heavy atom. The van der Waals surface area contributed by atoms with Gasteiger partial charge in [0.25, 0.3) is 0 Å². The molecule has 5 heteroatoms. The average molecular weight is 226 g/mol. The number of carbonyl (C=O) groups is 2. The zero-order valence-corrected chi connectivity index (χ0v) is 9.48. The van der Waals surface area contributed by atoms with Gasteiger partial charge in [0.1, 0.15) is 0 Å². The van der Waals surface area contributed by atoms with Gasteiger partial charge in [-0.15, -0.1) is 0 Å². The smallest absolute Gasteiger partial charge is 0.308 e. The predicted octanol–water partition coefficient (Wildman–Crippen LogP) is -0.0825. The summed E-state index contributed by atoms with van der Waals surface area (Å²) >= 11 is 0. The molecule has 1 amide bonds. The van der Waals surface area contributed by atoms with Crippen molar-refractivity contribution in [3.8, 4) is 0 Å². The number of hydrogen-bond donors (Lipinski definition) is 2. The van der Waals surface area contributed by atoms with Gasteiger partial charge in [0, 0.05) is 13.1 Å². The molecule has 0 aromatic rings. The monoisotopic (exact) mass is 226 g/mol. The summed E-state index contributed by atoms with van der Waals surface area (Å²) in [7, 11) is 0. The molecule has 2 aliphatic rings. The summed E-state index contributed by atoms with van der Waals surface area (Å²) in [6, 6.07) is -0.0836. The van der Waals surface area contributed by atoms with Crippen molar-refractivity contribution in [2.75, 3.05) is 19.6 Å². The maximum absolute atomic E-state index is 12.0. The molecular formula is C11H18N2O3. The van der Waals surface area contributed by atoms with Crippen molar-refractivity contribution in [1.29, 1.82) is 0 Å². The number of hydrogen-bond acceptors (Lipinski definition) is 3. The lowest BCUT2D eigenvalue weighted by Crippen LogP contribution is -2.42. The number of nitrogens with zero attached hydrogens (tertiary/aromatic N) is 1. The minimum atomic E-state index is -0.790. The van der Waals surface area contributed by atoms with Gasteiger partial charge in [-0.25, -0.2) is 0 Å². The van der Waals surface area contributed by atoms with Crippen LogP contribution in [0.25, 0.3) is 0 Å². The van der Waals surface area contributed by atoms with Gasteiger partial charge < -0.3 is 15.3 Å². The highest BCUT2D eigenvalue weighted by molar-refractivity contribution is 5.83. The summed E-state index contributed by atoms with van der Waals surface area (Å²) < 4.78 is 0. The Labute approximate surface area is 94.8 Å². The fourth-order valence-electron chi connectivity index (χ4n) is 2.58. The molecule has 0 aliphatic carbocycles. The molecular weight excluding hydrogens is 208 g/mol. The number of carboxylic acids is 1. The second kappa shape index (κ2) is 4.41. The summed E-state index contributed by atoms with van der Waals surface area (Å²) in [4.78, 5) is 24.7. The SMILES string of the molecule is CC1CN(C(=O)[C@@H]2CCCN2)CC1C(=O)O. The molecule has 0 spiro atoms. The minimum Gasteiger partial charge on any atom is -0.481 e. The minimum absolute atomic E-state index is 0.0582. The van der Waals surface area contributed by atoms with Gasteiger partial charge in [0.05, 0.1) is 12.0 Å². The van der Waals surface area contributed by atoms with E-state index >= 15 is 0 Å². The van der Waals surface area contributed by atoms with Crippen LogP contribution in [0.5, 0.6) is 0 Å². The van der Waals surface area contributed by atoms with E-state index in [4.69, 9.17) is 5.11 Å². The van der Waals surface area contributed by atoms with Gasteiger partial charge >= 0.3 is 5.97 Å². The number of carboxylic acid groups (broad SMARTS) is 1. The lowest BCUT2D eigenvalue weighted by molar-refractivity contribution is -0.142. The van der Waals surface area contributed by atoms with Crippen molar-refractivity contribution in [3.63, 3.8) is 0 Å². The van der Waals surface area contributed by atoms with Crippen LogP contribution in [0.1, 0.15) is 19.8 Å². The number of likely N-dealkylation sites (tertiary alicyclic amines) is 1. The van der Waals surface area contributed by atoms with Crippen molar-refractivity contribution in [3.05, 3.63) is 0 Å². The van der Waals surface area contributed by atoms with Crippen LogP contribution in [0.3, 0.4) is 0 Å². The molecule has 2 heterocycles. The van der Waals surface area contributed by atoms with Crippen molar-refractivity contribution < 1.29 is 14.7 Å². The summed E-state index contributed by atoms with van der Waals surface area (Å²) in [5.74, 6) is -1.05. The first-order valence-corrected chi connectivity index (χ1v) is 5.84. The standard InChI is InChI=1S/C11H18N2O3/c1-7-5-13(6-8(7)11(15)16)10(14)9-3-2-4-12-9/h7-9,12H,2-6H2,1H3,(H,15,16)/t7?,8?,9-/m0/s1. The van der Waals surface area contributed by atoms with Crippen LogP contribution in [0.15, 0.2) is 0 Å². The molecule has 2 saturated heterocycles. The highest BCUT2D eigenvalue weighted by Crippen LogP contribution is 2.24. The maximum atomic E-state index is 12.0. The second-order valence-corrected chi connectivity index (χ2v) is 4.81. The van der Waals surface area contributed by atoms with E-state index in [1.54, 1.807) is 4.90 Å². The number of amides is 1. The Morgan fingerprint density at radius 1 is 1.38 bits per heavy atom. The highest BCUT2D eigenvalue weighted by Gasteiger charge is 2.39. The maximum Gasteiger partial charge on any atom is 0.308 e. The topological polar surface area (TPSA) is 69.6 Å². The van der Waals surface area contributed by atoms with E-state index in [9.17, 15) is 9.59 Å². The Morgan fingerprint density at radius 2 is 2.12 bits per heavy atom. The van der Waals surface area contributed by atoms with E-state index in [1.165, 1.54) is 0 Å². The first-order chi connectivity index (χ1) is 7.59. The van der Waals surface area contributed by atoms with E-state index in [2.05, 4.69) is 5.32 Å². The molecule has 90 valence electrons. The molecule has 0 aromatic carbocycles. The summed E-state index contributed by atoms with van der Waals surface area (Å²) in [6.07, 6.45) is 1.91. The van der Waals surface area contributed by atoms with Crippen molar-refractivity contribution >= 4 is 11.9 Å². The molecule has 0 aromatic heterocycles. The van der Waals surface area contributed by atoms with Crippen LogP contribution in [0, 0.1) is 11.8 Å². The van der Waals surface area contributed by atoms with E-state index < -0.39 is 11.9 Å². The van der Waals surface area contributed by atoms with Gasteiger partial charge in [-0.2, -0.15) is 0 Å². The summed E-state index contributed by atoms with van der Waals surface area (Å²) in [6.45, 7) is 3.73. The van der Waals surface area contributed by atoms with Crippen LogP contribution in [-0.2, 0) is 9.59 Å². The van der Waals surface area contributed by atoms with Gasteiger partial charge in [0.15, 0.2) is 0 Å². The van der Waals surface area contributed by atoms with Crippen molar-refractivity contribution in [2.45, 2.75) is 25.8 Å². The van der Waals surface area contributed by atoms with Crippen molar-refractivity contribution in [2.24, 2.45) is 11.8 Å². The van der Waals surface area contributed by atoms with Crippen LogP contribution < -0.4 is 5.32 Å². The molecule has 0 bridgehead atoms. The third-order valence-corrected chi connectivity index (χ3v) is 3.60. The van der Waals surface area contributed by atoms with Gasteiger partial charge in [-0.1, -0.05) is 6.92 Å². The molecule has 16 heavy (non-hydrogen) atoms. The third kappa shape index (κ3) is 2.04. The molecule has 2 aliphatic heterocycles. The second-order valence-electron chi connectivity index (χ2n) is 4.81. The molecule has 2 rings (SSSR count). The first-order valence-electron chi connectivity index (χ1n) is 5.84. The van der Waals surface area contributed by atoms with Crippen LogP contribution in [0.4, 0.5) is 0 Å². The number of nitrogens with one attached hydrogen (secondary N) is 1. The number of rotatable bonds is 2. The Kier molecular flexibility index (Phi) is 3.14. The molecule has 2 N–H and O–H groups in total. The van der Waals surface area contributed by atoms with Crippen LogP contribution in [0.2, 0.25) is 0 Å². The van der Waals surface area contributed by atoms with Crippen molar-refractivity contribution in [1.82, 2.24) is 10.2 Å². The van der Waals surface area contributed by atoms with Gasteiger partial charge in [0.2, 0.25) is 5.91 Å². The predicted molar refractivity (Wildman–Crippen MR) is 57.9 cm³/mol. The molecule has 2 unspecified atom stereocenters. The zero-order chi connectivity index (χ0) is 11.7. The molecule has 5 nitrogen and oxygen atoms in total. The molecule has 0 saturated carbocycles. The third-order valence-electron chi connectivity index (χ3n) is 3.60. The summed E-state index contributed by atoms with van der Waals surface area (Å²) in [5.41, 5.74) is 0. The van der Waals surface area contributed by atoms with Gasteiger partial charge in [-0.05, 0) is 25.3 Å². The first kappa shape index (κ1) is 11.4. The number of aliphatic carboxylic acids is 1. The zero-order valence-electron chi connectivity index (χ0n) is 9.48. The number of carbonyl (C=O) groups excluding carboxylic acids is 1. The lowest BCUT2D eigenvalue weighted by Gasteiger charge is -2.20. The van der Waals surface area contributed by atoms with E-state index in [0.717, 1.165) is 19.4 Å². The fourth-order valence-corrected chi connectivity index (χ4v) is 2.58. The van der Waals surface area contributed by atoms with E-state index in [0.29, 0.717) is 13.1 Å². The summed E-state index contributed by atoms with van der Waals surface area (Å²) in [5, 5.41) is 12.1. The van der Waals surface area contributed by atoms with Gasteiger partial charge in [-0.3, -0.25) is 9.59 Å². The highest BCUT2D eigenvalue weighted by atomic mass is 16.4. The Hall–Kier alpha value is -1.10.